The maximum absolute atomic E-state index is 11.9. The molecule has 0 radical (unpaired) electrons. The first-order valence-electron chi connectivity index (χ1n) is 12.1. The molecule has 0 unspecified atom stereocenters. The molecule has 2 N–H and O–H groups in total. The Bertz CT molecular complexity index is 937. The van der Waals surface area contributed by atoms with E-state index in [2.05, 4.69) is 88.2 Å². The Morgan fingerprint density at radius 3 is 2.26 bits per heavy atom. The molecular formula is C29H36N4O. The molecule has 0 bridgehead atoms. The maximum atomic E-state index is 11.9. The lowest BCUT2D eigenvalue weighted by atomic mass is 9.91. The summed E-state index contributed by atoms with van der Waals surface area (Å²) in [6.07, 6.45) is 8.82. The smallest absolute Gasteiger partial charge is 0.243 e. The van der Waals surface area contributed by atoms with Gasteiger partial charge >= 0.3 is 0 Å². The molecule has 5 nitrogen and oxygen atoms in total. The van der Waals surface area contributed by atoms with E-state index in [-0.39, 0.29) is 5.91 Å². The van der Waals surface area contributed by atoms with E-state index in [9.17, 15) is 4.79 Å². The monoisotopic (exact) mass is 456 g/mol. The zero-order valence-electron chi connectivity index (χ0n) is 20.1. The number of carbonyl (C=O) groups is 1. The Labute approximate surface area is 203 Å². The summed E-state index contributed by atoms with van der Waals surface area (Å²) in [5, 5.41) is 6.59. The Hall–Kier alpha value is -3.28. The molecule has 3 rings (SSSR count). The number of pyridine rings is 1. The van der Waals surface area contributed by atoms with Crippen LogP contribution >= 0.6 is 0 Å². The summed E-state index contributed by atoms with van der Waals surface area (Å²) in [5.74, 6) is 0.288. The highest BCUT2D eigenvalue weighted by atomic mass is 16.1. The minimum atomic E-state index is -0.0622. The molecule has 1 aromatic heterocycles. The first-order chi connectivity index (χ1) is 16.7. The lowest BCUT2D eigenvalue weighted by Crippen LogP contribution is -2.32. The van der Waals surface area contributed by atoms with Gasteiger partial charge in [0.1, 0.15) is 0 Å². The van der Waals surface area contributed by atoms with Gasteiger partial charge in [0.25, 0.3) is 0 Å². The summed E-state index contributed by atoms with van der Waals surface area (Å²) in [6.45, 7) is 4.57. The fourth-order valence-electron chi connectivity index (χ4n) is 3.85. The molecule has 0 fully saturated rings. The Kier molecular flexibility index (Phi) is 11.0. The summed E-state index contributed by atoms with van der Waals surface area (Å²) in [5.41, 5.74) is 3.60. The summed E-state index contributed by atoms with van der Waals surface area (Å²) < 4.78 is 0. The van der Waals surface area contributed by atoms with Gasteiger partial charge in [0.2, 0.25) is 5.91 Å². The zero-order valence-corrected chi connectivity index (χ0v) is 20.1. The Balaban J connectivity index is 1.29. The summed E-state index contributed by atoms with van der Waals surface area (Å²) >= 11 is 0. The lowest BCUT2D eigenvalue weighted by molar-refractivity contribution is -0.116. The van der Waals surface area contributed by atoms with Crippen LogP contribution in [0, 0.1) is 0 Å². The SMILES string of the molecule is CN(CCCCNC(=O)C=Cc1cccnc1)CCNCC(c1ccccc1)c1ccccc1. The molecule has 0 saturated heterocycles. The van der Waals surface area contributed by atoms with Gasteiger partial charge in [0, 0.05) is 50.6 Å². The van der Waals surface area contributed by atoms with E-state index >= 15 is 0 Å². The largest absolute Gasteiger partial charge is 0.353 e. The van der Waals surface area contributed by atoms with Crippen molar-refractivity contribution in [2.75, 3.05) is 39.8 Å². The number of benzene rings is 2. The van der Waals surface area contributed by atoms with Crippen molar-refractivity contribution in [3.63, 3.8) is 0 Å². The van der Waals surface area contributed by atoms with Crippen LogP contribution < -0.4 is 10.6 Å². The number of hydrogen-bond acceptors (Lipinski definition) is 4. The number of nitrogens with zero attached hydrogens (tertiary/aromatic N) is 2. The van der Waals surface area contributed by atoms with Crippen LogP contribution in [-0.2, 0) is 4.79 Å². The summed E-state index contributed by atoms with van der Waals surface area (Å²) in [6, 6.07) is 25.2. The van der Waals surface area contributed by atoms with Gasteiger partial charge in [-0.2, -0.15) is 0 Å². The number of unbranched alkanes of at least 4 members (excludes halogenated alkanes) is 1. The average Bonchev–Trinajstić information content (AvgIpc) is 2.89. The van der Waals surface area contributed by atoms with Crippen LogP contribution in [0.4, 0.5) is 0 Å². The third-order valence-corrected chi connectivity index (χ3v) is 5.80. The Morgan fingerprint density at radius 2 is 1.62 bits per heavy atom. The predicted molar refractivity (Wildman–Crippen MR) is 141 cm³/mol. The van der Waals surface area contributed by atoms with Crippen molar-refractivity contribution in [1.82, 2.24) is 20.5 Å². The summed E-state index contributed by atoms with van der Waals surface area (Å²) in [7, 11) is 2.16. The number of hydrogen-bond donors (Lipinski definition) is 2. The third kappa shape index (κ3) is 9.30. The molecule has 0 aliphatic carbocycles. The van der Waals surface area contributed by atoms with Crippen LogP contribution in [0.3, 0.4) is 0 Å². The van der Waals surface area contributed by atoms with Crippen LogP contribution in [0.15, 0.2) is 91.3 Å². The van der Waals surface area contributed by atoms with E-state index in [0.29, 0.717) is 12.5 Å². The summed E-state index contributed by atoms with van der Waals surface area (Å²) in [4.78, 5) is 18.3. The van der Waals surface area contributed by atoms with Crippen molar-refractivity contribution in [3.8, 4) is 0 Å². The molecule has 1 heterocycles. The standard InChI is InChI=1S/C29H36N4O/c1-33(21-9-8-19-32-29(34)17-16-25-11-10-18-30-23-25)22-20-31-24-28(26-12-4-2-5-13-26)27-14-6-3-7-15-27/h2-7,10-18,23,28,31H,8-9,19-22,24H2,1H3,(H,32,34). The van der Waals surface area contributed by atoms with Crippen molar-refractivity contribution < 1.29 is 4.79 Å². The van der Waals surface area contributed by atoms with E-state index in [4.69, 9.17) is 0 Å². The zero-order chi connectivity index (χ0) is 23.8. The van der Waals surface area contributed by atoms with Crippen LogP contribution in [0.2, 0.25) is 0 Å². The van der Waals surface area contributed by atoms with Crippen LogP contribution in [0.1, 0.15) is 35.4 Å². The van der Waals surface area contributed by atoms with Gasteiger partial charge in [0.15, 0.2) is 0 Å². The highest BCUT2D eigenvalue weighted by Gasteiger charge is 2.13. The number of aromatic nitrogens is 1. The molecule has 3 aromatic rings. The Morgan fingerprint density at radius 1 is 0.912 bits per heavy atom. The number of nitrogens with one attached hydrogen (secondary N) is 2. The highest BCUT2D eigenvalue weighted by molar-refractivity contribution is 5.91. The number of likely N-dealkylation sites (N-methyl/N-ethyl adjacent to an activating group) is 1. The second-order valence-corrected chi connectivity index (χ2v) is 8.50. The normalized spacial score (nSPS) is 11.4. The highest BCUT2D eigenvalue weighted by Crippen LogP contribution is 2.23. The van der Waals surface area contributed by atoms with E-state index in [1.165, 1.54) is 11.1 Å². The number of carbonyl (C=O) groups excluding carboxylic acids is 1. The lowest BCUT2D eigenvalue weighted by Gasteiger charge is -2.21. The molecule has 0 aliphatic heterocycles. The van der Waals surface area contributed by atoms with Crippen molar-refractivity contribution in [3.05, 3.63) is 108 Å². The van der Waals surface area contributed by atoms with E-state index < -0.39 is 0 Å². The molecule has 1 amide bonds. The van der Waals surface area contributed by atoms with E-state index in [1.807, 2.05) is 12.1 Å². The fraction of sp³-hybridized carbons (Fsp3) is 0.310. The number of rotatable bonds is 14. The molecule has 0 saturated carbocycles. The molecule has 2 aromatic carbocycles. The topological polar surface area (TPSA) is 57.3 Å². The maximum Gasteiger partial charge on any atom is 0.243 e. The van der Waals surface area contributed by atoms with E-state index in [1.54, 1.807) is 24.5 Å². The molecule has 5 heteroatoms. The third-order valence-electron chi connectivity index (χ3n) is 5.80. The van der Waals surface area contributed by atoms with Crippen molar-refractivity contribution >= 4 is 12.0 Å². The quantitative estimate of drug-likeness (QED) is 0.280. The minimum absolute atomic E-state index is 0.0622. The van der Waals surface area contributed by atoms with E-state index in [0.717, 1.165) is 44.6 Å². The van der Waals surface area contributed by atoms with Crippen LogP contribution in [-0.4, -0.2) is 55.6 Å². The average molecular weight is 457 g/mol. The molecule has 0 spiro atoms. The van der Waals surface area contributed by atoms with Gasteiger partial charge < -0.3 is 15.5 Å². The van der Waals surface area contributed by atoms with Crippen LogP contribution in [0.25, 0.3) is 6.08 Å². The molecule has 0 aliphatic rings. The second-order valence-electron chi connectivity index (χ2n) is 8.50. The van der Waals surface area contributed by atoms with Crippen molar-refractivity contribution in [2.24, 2.45) is 0 Å². The van der Waals surface area contributed by atoms with Gasteiger partial charge in [-0.15, -0.1) is 0 Å². The first-order valence-corrected chi connectivity index (χ1v) is 12.1. The molecule has 0 atom stereocenters. The van der Waals surface area contributed by atoms with Gasteiger partial charge in [-0.3, -0.25) is 9.78 Å². The minimum Gasteiger partial charge on any atom is -0.353 e. The van der Waals surface area contributed by atoms with Gasteiger partial charge in [-0.05, 0) is 55.3 Å². The second kappa shape index (κ2) is 14.8. The van der Waals surface area contributed by atoms with Gasteiger partial charge in [-0.25, -0.2) is 0 Å². The molecular weight excluding hydrogens is 420 g/mol. The van der Waals surface area contributed by atoms with Gasteiger partial charge in [0.05, 0.1) is 0 Å². The van der Waals surface area contributed by atoms with Crippen molar-refractivity contribution in [2.45, 2.75) is 18.8 Å². The van der Waals surface area contributed by atoms with Gasteiger partial charge in [-0.1, -0.05) is 66.7 Å². The first kappa shape index (κ1) is 25.3. The van der Waals surface area contributed by atoms with Crippen molar-refractivity contribution in [1.29, 1.82) is 0 Å². The molecule has 34 heavy (non-hydrogen) atoms. The fourth-order valence-corrected chi connectivity index (χ4v) is 3.85. The predicted octanol–water partition coefficient (Wildman–Crippen LogP) is 4.34. The number of amides is 1. The molecule has 178 valence electrons. The van der Waals surface area contributed by atoms with Crippen LogP contribution in [0.5, 0.6) is 0 Å².